The van der Waals surface area contributed by atoms with Crippen LogP contribution in [0.4, 0.5) is 8.78 Å². The third-order valence-corrected chi connectivity index (χ3v) is 3.70. The number of ketones is 1. The number of hydrogen-bond donors (Lipinski definition) is 1. The molecule has 1 aliphatic heterocycles. The second-order valence-corrected chi connectivity index (χ2v) is 5.04. The lowest BCUT2D eigenvalue weighted by atomic mass is 9.99. The Balaban J connectivity index is 2.10. The van der Waals surface area contributed by atoms with E-state index in [9.17, 15) is 13.6 Å². The monoisotopic (exact) mass is 268 g/mol. The molecule has 1 aromatic carbocycles. The Morgan fingerprint density at radius 3 is 2.58 bits per heavy atom. The largest absolute Gasteiger partial charge is 0.328 e. The molecular formula is C14H18F2N2O. The van der Waals surface area contributed by atoms with Crippen LogP contribution < -0.4 is 5.73 Å². The molecule has 1 saturated heterocycles. The van der Waals surface area contributed by atoms with Gasteiger partial charge in [0, 0.05) is 25.2 Å². The fourth-order valence-electron chi connectivity index (χ4n) is 2.39. The van der Waals surface area contributed by atoms with E-state index < -0.39 is 17.7 Å². The molecule has 1 atom stereocenters. The van der Waals surface area contributed by atoms with E-state index in [1.807, 2.05) is 4.90 Å². The number of nitrogens with two attached hydrogens (primary N) is 1. The molecule has 19 heavy (non-hydrogen) atoms. The number of piperidine rings is 1. The second-order valence-electron chi connectivity index (χ2n) is 5.04. The van der Waals surface area contributed by atoms with Crippen molar-refractivity contribution in [3.05, 3.63) is 35.4 Å². The van der Waals surface area contributed by atoms with Crippen LogP contribution in [0.25, 0.3) is 0 Å². The summed E-state index contributed by atoms with van der Waals surface area (Å²) >= 11 is 0. The predicted octanol–water partition coefficient (Wildman–Crippen LogP) is 1.96. The molecule has 1 heterocycles. The normalized spacial score (nSPS) is 19.4. The Bertz CT molecular complexity index is 471. The summed E-state index contributed by atoms with van der Waals surface area (Å²) in [6.07, 6.45) is 1.67. The van der Waals surface area contributed by atoms with Crippen LogP contribution in [-0.4, -0.2) is 35.9 Å². The summed E-state index contributed by atoms with van der Waals surface area (Å²) in [6, 6.07) is 2.83. The van der Waals surface area contributed by atoms with Crippen molar-refractivity contribution in [1.29, 1.82) is 0 Å². The number of hydrogen-bond acceptors (Lipinski definition) is 3. The molecule has 0 bridgehead atoms. The number of halogens is 2. The standard InChI is InChI=1S/C14H18F2N2O/c1-9(18-6-4-11(17)5-7-18)14(19)12-3-2-10(15)8-13(12)16/h2-3,8-9,11H,4-7,17H2,1H3. The molecule has 0 radical (unpaired) electrons. The molecule has 3 nitrogen and oxygen atoms in total. The summed E-state index contributed by atoms with van der Waals surface area (Å²) in [4.78, 5) is 14.2. The van der Waals surface area contributed by atoms with Crippen LogP contribution in [0.1, 0.15) is 30.1 Å². The first kappa shape index (κ1) is 14.1. The minimum absolute atomic E-state index is 0.0521. The summed E-state index contributed by atoms with van der Waals surface area (Å²) in [6.45, 7) is 3.22. The van der Waals surface area contributed by atoms with E-state index in [4.69, 9.17) is 5.73 Å². The number of benzene rings is 1. The van der Waals surface area contributed by atoms with E-state index in [1.54, 1.807) is 6.92 Å². The molecule has 2 rings (SSSR count). The predicted molar refractivity (Wildman–Crippen MR) is 68.9 cm³/mol. The average molecular weight is 268 g/mol. The number of rotatable bonds is 3. The smallest absolute Gasteiger partial charge is 0.182 e. The first-order valence-corrected chi connectivity index (χ1v) is 6.48. The van der Waals surface area contributed by atoms with E-state index in [0.29, 0.717) is 0 Å². The lowest BCUT2D eigenvalue weighted by Gasteiger charge is -2.34. The molecule has 1 aromatic rings. The minimum Gasteiger partial charge on any atom is -0.328 e. The Labute approximate surface area is 111 Å². The molecule has 0 spiro atoms. The summed E-state index contributed by atoms with van der Waals surface area (Å²) in [5, 5.41) is 0. The zero-order valence-corrected chi connectivity index (χ0v) is 10.9. The van der Waals surface area contributed by atoms with Crippen molar-refractivity contribution in [3.8, 4) is 0 Å². The van der Waals surface area contributed by atoms with Crippen LogP contribution in [0.5, 0.6) is 0 Å². The van der Waals surface area contributed by atoms with Gasteiger partial charge in [0.05, 0.1) is 11.6 Å². The zero-order valence-electron chi connectivity index (χ0n) is 10.9. The fourth-order valence-corrected chi connectivity index (χ4v) is 2.39. The highest BCUT2D eigenvalue weighted by Crippen LogP contribution is 2.17. The van der Waals surface area contributed by atoms with Crippen LogP contribution in [-0.2, 0) is 0 Å². The van der Waals surface area contributed by atoms with Crippen molar-refractivity contribution in [1.82, 2.24) is 4.90 Å². The molecule has 104 valence electrons. The molecule has 0 saturated carbocycles. The maximum absolute atomic E-state index is 13.6. The van der Waals surface area contributed by atoms with Gasteiger partial charge in [-0.3, -0.25) is 9.69 Å². The molecular weight excluding hydrogens is 250 g/mol. The quantitative estimate of drug-likeness (QED) is 0.852. The zero-order chi connectivity index (χ0) is 14.0. The van der Waals surface area contributed by atoms with Crippen LogP contribution >= 0.6 is 0 Å². The average Bonchev–Trinajstić information content (AvgIpc) is 2.38. The Morgan fingerprint density at radius 2 is 2.00 bits per heavy atom. The van der Waals surface area contributed by atoms with Crippen LogP contribution in [0, 0.1) is 11.6 Å². The third kappa shape index (κ3) is 3.16. The van der Waals surface area contributed by atoms with E-state index in [2.05, 4.69) is 0 Å². The molecule has 1 fully saturated rings. The van der Waals surface area contributed by atoms with Gasteiger partial charge in [-0.15, -0.1) is 0 Å². The summed E-state index contributed by atoms with van der Waals surface area (Å²) in [7, 11) is 0. The molecule has 5 heteroatoms. The Morgan fingerprint density at radius 1 is 1.37 bits per heavy atom. The van der Waals surface area contributed by atoms with Gasteiger partial charge in [0.2, 0.25) is 0 Å². The van der Waals surface area contributed by atoms with Crippen molar-refractivity contribution < 1.29 is 13.6 Å². The first-order chi connectivity index (χ1) is 8.99. The first-order valence-electron chi connectivity index (χ1n) is 6.48. The van der Waals surface area contributed by atoms with E-state index >= 15 is 0 Å². The second kappa shape index (κ2) is 5.75. The van der Waals surface area contributed by atoms with Crippen LogP contribution in [0.3, 0.4) is 0 Å². The molecule has 0 aliphatic carbocycles. The number of likely N-dealkylation sites (tertiary alicyclic amines) is 1. The number of carbonyl (C=O) groups excluding carboxylic acids is 1. The van der Waals surface area contributed by atoms with Crippen molar-refractivity contribution in [3.63, 3.8) is 0 Å². The van der Waals surface area contributed by atoms with Gasteiger partial charge in [0.1, 0.15) is 11.6 Å². The molecule has 0 aromatic heterocycles. The van der Waals surface area contributed by atoms with Gasteiger partial charge < -0.3 is 5.73 Å². The van der Waals surface area contributed by atoms with Crippen molar-refractivity contribution >= 4 is 5.78 Å². The fraction of sp³-hybridized carbons (Fsp3) is 0.500. The lowest BCUT2D eigenvalue weighted by molar-refractivity contribution is 0.0793. The van der Waals surface area contributed by atoms with Gasteiger partial charge >= 0.3 is 0 Å². The van der Waals surface area contributed by atoms with Crippen molar-refractivity contribution in [2.45, 2.75) is 31.8 Å². The highest BCUT2D eigenvalue weighted by Gasteiger charge is 2.27. The number of carbonyl (C=O) groups is 1. The summed E-state index contributed by atoms with van der Waals surface area (Å²) < 4.78 is 26.4. The van der Waals surface area contributed by atoms with E-state index in [1.165, 1.54) is 6.07 Å². The van der Waals surface area contributed by atoms with Gasteiger partial charge in [0.15, 0.2) is 5.78 Å². The van der Waals surface area contributed by atoms with Crippen molar-refractivity contribution in [2.75, 3.05) is 13.1 Å². The highest BCUT2D eigenvalue weighted by molar-refractivity contribution is 6.00. The lowest BCUT2D eigenvalue weighted by Crippen LogP contribution is -2.47. The molecule has 2 N–H and O–H groups in total. The minimum atomic E-state index is -0.800. The number of nitrogens with zero attached hydrogens (tertiary/aromatic N) is 1. The van der Waals surface area contributed by atoms with Gasteiger partial charge in [-0.05, 0) is 31.9 Å². The van der Waals surface area contributed by atoms with Crippen molar-refractivity contribution in [2.24, 2.45) is 5.73 Å². The maximum Gasteiger partial charge on any atom is 0.182 e. The van der Waals surface area contributed by atoms with E-state index in [0.717, 1.165) is 38.1 Å². The number of Topliss-reactive ketones (excluding diaryl/α,β-unsaturated/α-hetero) is 1. The highest BCUT2D eigenvalue weighted by atomic mass is 19.1. The third-order valence-electron chi connectivity index (χ3n) is 3.70. The van der Waals surface area contributed by atoms with Gasteiger partial charge in [0.25, 0.3) is 0 Å². The molecule has 0 amide bonds. The SMILES string of the molecule is CC(C(=O)c1ccc(F)cc1F)N1CCC(N)CC1. The van der Waals surface area contributed by atoms with Gasteiger partial charge in [-0.2, -0.15) is 0 Å². The van der Waals surface area contributed by atoms with Gasteiger partial charge in [-0.1, -0.05) is 0 Å². The Hall–Kier alpha value is -1.33. The van der Waals surface area contributed by atoms with E-state index in [-0.39, 0.29) is 17.4 Å². The maximum atomic E-state index is 13.6. The van der Waals surface area contributed by atoms with Crippen LogP contribution in [0.2, 0.25) is 0 Å². The summed E-state index contributed by atoms with van der Waals surface area (Å²) in [5.41, 5.74) is 5.76. The Kier molecular flexibility index (Phi) is 4.27. The molecule has 1 aliphatic rings. The molecule has 1 unspecified atom stereocenters. The summed E-state index contributed by atoms with van der Waals surface area (Å²) in [5.74, 6) is -1.79. The van der Waals surface area contributed by atoms with Gasteiger partial charge in [-0.25, -0.2) is 8.78 Å². The topological polar surface area (TPSA) is 46.3 Å². The van der Waals surface area contributed by atoms with Crippen LogP contribution in [0.15, 0.2) is 18.2 Å².